The molecule has 0 aliphatic heterocycles. The molecule has 0 saturated carbocycles. The zero-order chi connectivity index (χ0) is 11.6. The normalized spacial score (nSPS) is 12.0. The fourth-order valence-electron chi connectivity index (χ4n) is 1.11. The molecule has 0 aliphatic carbocycles. The van der Waals surface area contributed by atoms with Crippen molar-refractivity contribution in [3.8, 4) is 0 Å². The van der Waals surface area contributed by atoms with Crippen LogP contribution in [0, 0.1) is 0 Å². The Morgan fingerprint density at radius 3 is 2.47 bits per heavy atom. The molecule has 1 aromatic rings. The molecule has 0 spiro atoms. The topological polar surface area (TPSA) is 72.2 Å². The maximum atomic E-state index is 11.7. The molecule has 3 N–H and O–H groups in total. The first kappa shape index (κ1) is 12.3. The summed E-state index contributed by atoms with van der Waals surface area (Å²) >= 11 is 5.80. The van der Waals surface area contributed by atoms with E-state index in [1.165, 1.54) is 18.2 Å². The Hall–Kier alpha value is -0.780. The van der Waals surface area contributed by atoms with Gasteiger partial charge >= 0.3 is 0 Å². The number of anilines is 1. The van der Waals surface area contributed by atoms with Crippen LogP contribution in [0.5, 0.6) is 0 Å². The zero-order valence-corrected chi connectivity index (χ0v) is 10.1. The first-order valence-corrected chi connectivity index (χ1v) is 6.26. The van der Waals surface area contributed by atoms with Gasteiger partial charge in [-0.2, -0.15) is 0 Å². The van der Waals surface area contributed by atoms with Crippen molar-refractivity contribution in [1.82, 2.24) is 4.72 Å². The largest absolute Gasteiger partial charge is 0.399 e. The molecular weight excluding hydrogens is 236 g/mol. The second-order valence-corrected chi connectivity index (χ2v) is 5.56. The lowest BCUT2D eigenvalue weighted by Gasteiger charge is -2.10. The number of benzene rings is 1. The molecule has 0 bridgehead atoms. The average molecular weight is 249 g/mol. The summed E-state index contributed by atoms with van der Waals surface area (Å²) in [6.07, 6.45) is 0. The monoisotopic (exact) mass is 248 g/mol. The van der Waals surface area contributed by atoms with Crippen molar-refractivity contribution < 1.29 is 8.42 Å². The third-order valence-corrected chi connectivity index (χ3v) is 3.78. The van der Waals surface area contributed by atoms with Crippen LogP contribution in [0.2, 0.25) is 5.02 Å². The third-order valence-electron chi connectivity index (χ3n) is 1.64. The Bertz CT molecular complexity index is 457. The molecule has 0 unspecified atom stereocenters. The molecule has 0 saturated heterocycles. The fraction of sp³-hybridized carbons (Fsp3) is 0.333. The van der Waals surface area contributed by atoms with E-state index in [2.05, 4.69) is 4.72 Å². The Morgan fingerprint density at radius 1 is 1.40 bits per heavy atom. The van der Waals surface area contributed by atoms with Crippen LogP contribution in [0.25, 0.3) is 0 Å². The van der Waals surface area contributed by atoms with Gasteiger partial charge in [-0.05, 0) is 32.0 Å². The van der Waals surface area contributed by atoms with E-state index >= 15 is 0 Å². The van der Waals surface area contributed by atoms with Crippen LogP contribution in [-0.2, 0) is 10.0 Å². The highest BCUT2D eigenvalue weighted by Gasteiger charge is 2.18. The standard InChI is InChI=1S/C9H13ClN2O2S/c1-6(2)12-15(13,14)9-4-3-7(11)5-8(9)10/h3-6,12H,11H2,1-2H3. The fourth-order valence-corrected chi connectivity index (χ4v) is 2.91. The van der Waals surface area contributed by atoms with E-state index < -0.39 is 10.0 Å². The minimum absolute atomic E-state index is 0.0482. The van der Waals surface area contributed by atoms with Crippen LogP contribution >= 0.6 is 11.6 Å². The molecule has 84 valence electrons. The maximum absolute atomic E-state index is 11.7. The van der Waals surface area contributed by atoms with Gasteiger partial charge in [0.25, 0.3) is 0 Å². The van der Waals surface area contributed by atoms with Crippen molar-refractivity contribution in [1.29, 1.82) is 0 Å². The van der Waals surface area contributed by atoms with Gasteiger partial charge in [0.2, 0.25) is 10.0 Å². The van der Waals surface area contributed by atoms with Crippen molar-refractivity contribution in [3.63, 3.8) is 0 Å². The lowest BCUT2D eigenvalue weighted by Crippen LogP contribution is -2.30. The van der Waals surface area contributed by atoms with E-state index in [1.54, 1.807) is 13.8 Å². The molecule has 4 nitrogen and oxygen atoms in total. The molecular formula is C9H13ClN2O2S. The first-order valence-electron chi connectivity index (χ1n) is 4.40. The van der Waals surface area contributed by atoms with Crippen LogP contribution in [-0.4, -0.2) is 14.5 Å². The van der Waals surface area contributed by atoms with Gasteiger partial charge in [-0.3, -0.25) is 0 Å². The van der Waals surface area contributed by atoms with Crippen LogP contribution < -0.4 is 10.5 Å². The average Bonchev–Trinajstić information content (AvgIpc) is 1.99. The van der Waals surface area contributed by atoms with Crippen molar-refractivity contribution in [3.05, 3.63) is 23.2 Å². The molecule has 0 heterocycles. The van der Waals surface area contributed by atoms with Gasteiger partial charge in [0.15, 0.2) is 0 Å². The second-order valence-electron chi connectivity index (χ2n) is 3.47. The predicted octanol–water partition coefficient (Wildman–Crippen LogP) is 1.61. The number of sulfonamides is 1. The summed E-state index contributed by atoms with van der Waals surface area (Å²) < 4.78 is 25.9. The maximum Gasteiger partial charge on any atom is 0.242 e. The predicted molar refractivity (Wildman–Crippen MR) is 61.3 cm³/mol. The van der Waals surface area contributed by atoms with Gasteiger partial charge < -0.3 is 5.73 Å². The SMILES string of the molecule is CC(C)NS(=O)(=O)c1ccc(N)cc1Cl. The lowest BCUT2D eigenvalue weighted by molar-refractivity contribution is 0.570. The van der Waals surface area contributed by atoms with E-state index in [1.807, 2.05) is 0 Å². The molecule has 0 aromatic heterocycles. The number of nitrogens with one attached hydrogen (secondary N) is 1. The van der Waals surface area contributed by atoms with Crippen LogP contribution in [0.3, 0.4) is 0 Å². The second kappa shape index (κ2) is 4.38. The Labute approximate surface area is 94.5 Å². The number of rotatable bonds is 3. The van der Waals surface area contributed by atoms with Gasteiger partial charge in [-0.25, -0.2) is 13.1 Å². The molecule has 0 atom stereocenters. The third kappa shape index (κ3) is 3.09. The van der Waals surface area contributed by atoms with Gasteiger partial charge in [0, 0.05) is 11.7 Å². The molecule has 0 amide bonds. The summed E-state index contributed by atoms with van der Waals surface area (Å²) in [6.45, 7) is 3.48. The summed E-state index contributed by atoms with van der Waals surface area (Å²) in [5.41, 5.74) is 5.91. The van der Waals surface area contributed by atoms with Crippen molar-refractivity contribution in [2.45, 2.75) is 24.8 Å². The lowest BCUT2D eigenvalue weighted by atomic mass is 10.3. The Morgan fingerprint density at radius 2 is 2.00 bits per heavy atom. The van der Waals surface area contributed by atoms with Crippen molar-refractivity contribution in [2.24, 2.45) is 0 Å². The van der Waals surface area contributed by atoms with E-state index in [4.69, 9.17) is 17.3 Å². The van der Waals surface area contributed by atoms with Gasteiger partial charge in [0.1, 0.15) is 4.90 Å². The molecule has 15 heavy (non-hydrogen) atoms. The molecule has 1 rings (SSSR count). The van der Waals surface area contributed by atoms with E-state index in [-0.39, 0.29) is 16.0 Å². The minimum Gasteiger partial charge on any atom is -0.399 e. The highest BCUT2D eigenvalue weighted by molar-refractivity contribution is 7.89. The van der Waals surface area contributed by atoms with E-state index in [9.17, 15) is 8.42 Å². The molecule has 0 aliphatic rings. The number of halogens is 1. The summed E-state index contributed by atoms with van der Waals surface area (Å²) in [6, 6.07) is 4.13. The number of nitrogens with two attached hydrogens (primary N) is 1. The number of hydrogen-bond donors (Lipinski definition) is 2. The van der Waals surface area contributed by atoms with Gasteiger partial charge in [-0.15, -0.1) is 0 Å². The molecule has 1 aromatic carbocycles. The van der Waals surface area contributed by atoms with Crippen LogP contribution in [0.4, 0.5) is 5.69 Å². The van der Waals surface area contributed by atoms with Crippen molar-refractivity contribution >= 4 is 27.3 Å². The zero-order valence-electron chi connectivity index (χ0n) is 8.49. The number of hydrogen-bond acceptors (Lipinski definition) is 3. The van der Waals surface area contributed by atoms with Crippen molar-refractivity contribution in [2.75, 3.05) is 5.73 Å². The molecule has 0 fully saturated rings. The smallest absolute Gasteiger partial charge is 0.242 e. The van der Waals surface area contributed by atoms with Crippen LogP contribution in [0.1, 0.15) is 13.8 Å². The highest BCUT2D eigenvalue weighted by Crippen LogP contribution is 2.23. The molecule has 6 heteroatoms. The van der Waals surface area contributed by atoms with Gasteiger partial charge in [0.05, 0.1) is 5.02 Å². The number of nitrogen functional groups attached to an aromatic ring is 1. The summed E-state index contributed by atoms with van der Waals surface area (Å²) in [7, 11) is -3.54. The summed E-state index contributed by atoms with van der Waals surface area (Å²) in [5.74, 6) is 0. The van der Waals surface area contributed by atoms with Crippen LogP contribution in [0.15, 0.2) is 23.1 Å². The van der Waals surface area contributed by atoms with E-state index in [0.29, 0.717) is 5.69 Å². The summed E-state index contributed by atoms with van der Waals surface area (Å²) in [5, 5.41) is 0.128. The quantitative estimate of drug-likeness (QED) is 0.799. The molecule has 0 radical (unpaired) electrons. The summed E-state index contributed by atoms with van der Waals surface area (Å²) in [4.78, 5) is 0.0482. The van der Waals surface area contributed by atoms with Gasteiger partial charge in [-0.1, -0.05) is 11.6 Å². The minimum atomic E-state index is -3.54. The Balaban J connectivity index is 3.16. The van der Waals surface area contributed by atoms with E-state index in [0.717, 1.165) is 0 Å². The Kier molecular flexibility index (Phi) is 3.59. The first-order chi connectivity index (χ1) is 6.83. The highest BCUT2D eigenvalue weighted by atomic mass is 35.5.